The summed E-state index contributed by atoms with van der Waals surface area (Å²) in [6.07, 6.45) is 10.9. The number of carbonyl (C=O) groups is 2. The fourth-order valence-electron chi connectivity index (χ4n) is 4.38. The molecule has 3 aromatic rings. The van der Waals surface area contributed by atoms with Gasteiger partial charge < -0.3 is 10.4 Å². The van der Waals surface area contributed by atoms with E-state index >= 15 is 0 Å². The number of fused-ring (bicyclic) bond motifs is 1. The van der Waals surface area contributed by atoms with Gasteiger partial charge in [0.05, 0.1) is 11.2 Å². The molecule has 35 heavy (non-hydrogen) atoms. The highest BCUT2D eigenvalue weighted by Crippen LogP contribution is 2.28. The molecule has 0 aliphatic carbocycles. The van der Waals surface area contributed by atoms with Crippen molar-refractivity contribution in [3.8, 4) is 11.3 Å². The van der Waals surface area contributed by atoms with Gasteiger partial charge in [-0.2, -0.15) is 0 Å². The van der Waals surface area contributed by atoms with E-state index in [-0.39, 0.29) is 12.3 Å². The zero-order valence-corrected chi connectivity index (χ0v) is 20.9. The van der Waals surface area contributed by atoms with Gasteiger partial charge >= 0.3 is 5.97 Å². The Morgan fingerprint density at radius 2 is 1.60 bits per heavy atom. The highest BCUT2D eigenvalue weighted by atomic mass is 16.4. The van der Waals surface area contributed by atoms with Gasteiger partial charge in [0.25, 0.3) is 5.91 Å². The zero-order chi connectivity index (χ0) is 24.9. The van der Waals surface area contributed by atoms with E-state index in [1.807, 2.05) is 48.5 Å². The maximum absolute atomic E-state index is 12.7. The molecule has 0 bridgehead atoms. The van der Waals surface area contributed by atoms with E-state index in [1.54, 1.807) is 0 Å². The standard InChI is InChI=1S/C30H38N2O3/c1-2-3-4-5-6-7-13-20-31-30(35)25-18-19-27-26(22-25)21-24(16-11-12-17-28(33)34)29(32-27)23-14-9-8-10-15-23/h8-10,14-15,18-19,21-22H,2-7,11-13,16-17,20H2,1H3,(H,31,35)(H,33,34). The van der Waals surface area contributed by atoms with Crippen molar-refractivity contribution in [1.82, 2.24) is 10.3 Å². The maximum Gasteiger partial charge on any atom is 0.303 e. The monoisotopic (exact) mass is 474 g/mol. The number of aliphatic carboxylic acids is 1. The van der Waals surface area contributed by atoms with Crippen LogP contribution in [-0.2, 0) is 11.2 Å². The molecule has 2 N–H and O–H groups in total. The number of unbranched alkanes of at least 4 members (excludes halogenated alkanes) is 7. The summed E-state index contributed by atoms with van der Waals surface area (Å²) in [5, 5.41) is 12.9. The van der Waals surface area contributed by atoms with Crippen molar-refractivity contribution in [3.05, 3.63) is 65.7 Å². The summed E-state index contributed by atoms with van der Waals surface area (Å²) >= 11 is 0. The van der Waals surface area contributed by atoms with Crippen molar-refractivity contribution in [3.63, 3.8) is 0 Å². The molecule has 0 unspecified atom stereocenters. The average Bonchev–Trinajstić information content (AvgIpc) is 2.87. The normalized spacial score (nSPS) is 11.0. The number of hydrogen-bond donors (Lipinski definition) is 2. The maximum atomic E-state index is 12.7. The van der Waals surface area contributed by atoms with Crippen molar-refractivity contribution in [2.24, 2.45) is 0 Å². The minimum absolute atomic E-state index is 0.0481. The average molecular weight is 475 g/mol. The lowest BCUT2D eigenvalue weighted by molar-refractivity contribution is -0.137. The molecular weight excluding hydrogens is 436 g/mol. The van der Waals surface area contributed by atoms with Gasteiger partial charge in [-0.1, -0.05) is 75.8 Å². The molecular formula is C30H38N2O3. The van der Waals surface area contributed by atoms with E-state index in [2.05, 4.69) is 18.3 Å². The number of benzene rings is 2. The van der Waals surface area contributed by atoms with E-state index in [0.717, 1.165) is 53.4 Å². The molecule has 5 heteroatoms. The second-order valence-electron chi connectivity index (χ2n) is 9.25. The predicted octanol–water partition coefficient (Wildman–Crippen LogP) is 7.18. The van der Waals surface area contributed by atoms with Crippen molar-refractivity contribution in [2.75, 3.05) is 6.54 Å². The van der Waals surface area contributed by atoms with Crippen LogP contribution in [0.2, 0.25) is 0 Å². The second-order valence-corrected chi connectivity index (χ2v) is 9.25. The van der Waals surface area contributed by atoms with Crippen LogP contribution in [0.4, 0.5) is 0 Å². The van der Waals surface area contributed by atoms with E-state index in [9.17, 15) is 9.59 Å². The summed E-state index contributed by atoms with van der Waals surface area (Å²) in [5.41, 5.74) is 4.53. The number of carbonyl (C=O) groups excluding carboxylic acids is 1. The van der Waals surface area contributed by atoms with Gasteiger partial charge in [0, 0.05) is 29.5 Å². The minimum atomic E-state index is -0.767. The van der Waals surface area contributed by atoms with E-state index in [0.29, 0.717) is 18.5 Å². The van der Waals surface area contributed by atoms with Crippen LogP contribution in [0.15, 0.2) is 54.6 Å². The molecule has 186 valence electrons. The lowest BCUT2D eigenvalue weighted by atomic mass is 9.98. The number of nitrogens with one attached hydrogen (secondary N) is 1. The Balaban J connectivity index is 1.68. The van der Waals surface area contributed by atoms with Gasteiger partial charge in [0.2, 0.25) is 0 Å². The van der Waals surface area contributed by atoms with E-state index in [4.69, 9.17) is 10.1 Å². The SMILES string of the molecule is CCCCCCCCCNC(=O)c1ccc2nc(-c3ccccc3)c(CCCCC(=O)O)cc2c1. The molecule has 0 radical (unpaired) electrons. The Morgan fingerprint density at radius 1 is 0.857 bits per heavy atom. The van der Waals surface area contributed by atoms with Gasteiger partial charge in [-0.05, 0) is 55.5 Å². The molecule has 0 saturated heterocycles. The quantitative estimate of drug-likeness (QED) is 0.229. The van der Waals surface area contributed by atoms with Crippen LogP contribution in [0.3, 0.4) is 0 Å². The zero-order valence-electron chi connectivity index (χ0n) is 20.9. The molecule has 0 fully saturated rings. The Kier molecular flexibility index (Phi) is 10.7. The molecule has 2 aromatic carbocycles. The molecule has 1 aromatic heterocycles. The Bertz CT molecular complexity index is 1100. The molecule has 0 atom stereocenters. The summed E-state index contributed by atoms with van der Waals surface area (Å²) in [4.78, 5) is 28.5. The number of carboxylic acids is 1. The van der Waals surface area contributed by atoms with Crippen LogP contribution in [-0.4, -0.2) is 28.5 Å². The molecule has 0 aliphatic rings. The summed E-state index contributed by atoms with van der Waals surface area (Å²) in [6, 6.07) is 17.8. The topological polar surface area (TPSA) is 79.3 Å². The smallest absolute Gasteiger partial charge is 0.303 e. The van der Waals surface area contributed by atoms with Crippen molar-refractivity contribution in [1.29, 1.82) is 0 Å². The van der Waals surface area contributed by atoms with Crippen LogP contribution in [0.5, 0.6) is 0 Å². The first-order chi connectivity index (χ1) is 17.1. The van der Waals surface area contributed by atoms with E-state index in [1.165, 1.54) is 32.1 Å². The van der Waals surface area contributed by atoms with Crippen molar-refractivity contribution in [2.45, 2.75) is 77.6 Å². The van der Waals surface area contributed by atoms with E-state index < -0.39 is 5.97 Å². The van der Waals surface area contributed by atoms with Gasteiger partial charge in [0.1, 0.15) is 0 Å². The molecule has 0 saturated carbocycles. The van der Waals surface area contributed by atoms with Gasteiger partial charge in [0.15, 0.2) is 0 Å². The second kappa shape index (κ2) is 14.2. The number of hydrogen-bond acceptors (Lipinski definition) is 3. The third-order valence-corrected chi connectivity index (χ3v) is 6.36. The van der Waals surface area contributed by atoms with Crippen LogP contribution < -0.4 is 5.32 Å². The number of aryl methyl sites for hydroxylation is 1. The highest BCUT2D eigenvalue weighted by Gasteiger charge is 2.12. The number of pyridine rings is 1. The number of aromatic nitrogens is 1. The first kappa shape index (κ1) is 26.4. The predicted molar refractivity (Wildman–Crippen MR) is 143 cm³/mol. The summed E-state index contributed by atoms with van der Waals surface area (Å²) in [6.45, 7) is 2.93. The Hall–Kier alpha value is -3.21. The summed E-state index contributed by atoms with van der Waals surface area (Å²) in [7, 11) is 0. The van der Waals surface area contributed by atoms with Crippen LogP contribution >= 0.6 is 0 Å². The van der Waals surface area contributed by atoms with Gasteiger partial charge in [-0.15, -0.1) is 0 Å². The Labute approximate surface area is 209 Å². The number of carboxylic acid groups (broad SMARTS) is 1. The van der Waals surface area contributed by atoms with Crippen molar-refractivity contribution >= 4 is 22.8 Å². The number of amides is 1. The minimum Gasteiger partial charge on any atom is -0.481 e. The van der Waals surface area contributed by atoms with Crippen LogP contribution in [0.25, 0.3) is 22.2 Å². The Morgan fingerprint density at radius 3 is 2.34 bits per heavy atom. The summed E-state index contributed by atoms with van der Waals surface area (Å²) in [5.74, 6) is -0.815. The largest absolute Gasteiger partial charge is 0.481 e. The molecule has 5 nitrogen and oxygen atoms in total. The van der Waals surface area contributed by atoms with Gasteiger partial charge in [-0.3, -0.25) is 9.59 Å². The molecule has 1 amide bonds. The first-order valence-corrected chi connectivity index (χ1v) is 13.1. The van der Waals surface area contributed by atoms with Crippen molar-refractivity contribution < 1.29 is 14.7 Å². The highest BCUT2D eigenvalue weighted by molar-refractivity contribution is 5.98. The third-order valence-electron chi connectivity index (χ3n) is 6.36. The molecule has 0 aliphatic heterocycles. The third kappa shape index (κ3) is 8.50. The fourth-order valence-corrected chi connectivity index (χ4v) is 4.38. The van der Waals surface area contributed by atoms with Gasteiger partial charge in [-0.25, -0.2) is 4.98 Å². The molecule has 3 rings (SSSR count). The number of nitrogens with zero attached hydrogens (tertiary/aromatic N) is 1. The summed E-state index contributed by atoms with van der Waals surface area (Å²) < 4.78 is 0. The first-order valence-electron chi connectivity index (χ1n) is 13.1. The molecule has 0 spiro atoms. The fraction of sp³-hybridized carbons (Fsp3) is 0.433. The van der Waals surface area contributed by atoms with Crippen LogP contribution in [0.1, 0.15) is 87.1 Å². The molecule has 1 heterocycles. The lowest BCUT2D eigenvalue weighted by Gasteiger charge is -2.12. The number of rotatable bonds is 15. The van der Waals surface area contributed by atoms with Crippen LogP contribution in [0, 0.1) is 0 Å². The lowest BCUT2D eigenvalue weighted by Crippen LogP contribution is -2.24.